The number of rotatable bonds is 6. The average molecular weight is 366 g/mol. The zero-order valence-electron chi connectivity index (χ0n) is 13.8. The molecule has 1 heterocycles. The van der Waals surface area contributed by atoms with Crippen LogP contribution in [0, 0.1) is 5.92 Å². The summed E-state index contributed by atoms with van der Waals surface area (Å²) in [5.74, 6) is -1.10. The molecule has 0 unspecified atom stereocenters. The molecule has 10 heteroatoms. The van der Waals surface area contributed by atoms with E-state index in [0.29, 0.717) is 0 Å². The third-order valence-electron chi connectivity index (χ3n) is 3.23. The minimum atomic E-state index is -4.53. The Balaban J connectivity index is 2.65. The third-order valence-corrected chi connectivity index (χ3v) is 4.39. The summed E-state index contributed by atoms with van der Waals surface area (Å²) in [6, 6.07) is -0.737. The fraction of sp³-hybridized carbons (Fsp3) is 0.643. The van der Waals surface area contributed by atoms with Gasteiger partial charge in [0.15, 0.2) is 5.69 Å². The summed E-state index contributed by atoms with van der Waals surface area (Å²) in [6.45, 7) is 6.29. The second-order valence-corrected chi connectivity index (χ2v) is 7.05. The molecule has 0 radical (unpaired) electrons. The zero-order valence-corrected chi connectivity index (χ0v) is 14.6. The van der Waals surface area contributed by atoms with Crippen LogP contribution in [0.1, 0.15) is 38.4 Å². The van der Waals surface area contributed by atoms with Crippen molar-refractivity contribution < 1.29 is 22.8 Å². The van der Waals surface area contributed by atoms with Gasteiger partial charge in [-0.2, -0.15) is 13.2 Å². The van der Waals surface area contributed by atoms with Crippen LogP contribution in [0.5, 0.6) is 0 Å². The predicted octanol–water partition coefficient (Wildman–Crippen LogP) is 1.61. The Morgan fingerprint density at radius 3 is 2.38 bits per heavy atom. The Bertz CT molecular complexity index is 599. The second kappa shape index (κ2) is 7.47. The van der Waals surface area contributed by atoms with E-state index in [1.54, 1.807) is 13.8 Å². The second-order valence-electron chi connectivity index (χ2n) is 6.20. The maximum Gasteiger partial charge on any atom is 0.434 e. The van der Waals surface area contributed by atoms with Gasteiger partial charge in [0.05, 0.1) is 18.1 Å². The monoisotopic (exact) mass is 366 g/mol. The largest absolute Gasteiger partial charge is 0.434 e. The lowest BCUT2D eigenvalue weighted by atomic mass is 10.1. The number of hydrogen-bond acceptors (Lipinski definition) is 5. The van der Waals surface area contributed by atoms with Crippen molar-refractivity contribution in [2.24, 2.45) is 11.7 Å². The summed E-state index contributed by atoms with van der Waals surface area (Å²) < 4.78 is 37.8. The van der Waals surface area contributed by atoms with E-state index >= 15 is 0 Å². The molecule has 1 rings (SSSR count). The molecule has 0 saturated carbocycles. The van der Waals surface area contributed by atoms with Crippen molar-refractivity contribution in [1.29, 1.82) is 0 Å². The Morgan fingerprint density at radius 2 is 1.92 bits per heavy atom. The number of halogens is 3. The van der Waals surface area contributed by atoms with Gasteiger partial charge in [0, 0.05) is 5.38 Å². The van der Waals surface area contributed by atoms with E-state index in [9.17, 15) is 22.8 Å². The summed E-state index contributed by atoms with van der Waals surface area (Å²) in [5, 5.41) is 5.96. The maximum absolute atomic E-state index is 12.6. The molecule has 24 heavy (non-hydrogen) atoms. The number of carbonyl (C=O) groups is 2. The van der Waals surface area contributed by atoms with Gasteiger partial charge in [-0.3, -0.25) is 9.59 Å². The molecular formula is C14H21F3N4O2S. The van der Waals surface area contributed by atoms with Gasteiger partial charge in [-0.05, 0) is 19.8 Å². The van der Waals surface area contributed by atoms with Gasteiger partial charge in [0.1, 0.15) is 5.01 Å². The fourth-order valence-corrected chi connectivity index (χ4v) is 2.63. The van der Waals surface area contributed by atoms with E-state index in [0.717, 1.165) is 16.7 Å². The molecule has 0 aromatic carbocycles. The first kappa shape index (κ1) is 20.4. The lowest BCUT2D eigenvalue weighted by Crippen LogP contribution is -2.50. The van der Waals surface area contributed by atoms with E-state index in [4.69, 9.17) is 5.73 Å². The first-order chi connectivity index (χ1) is 10.8. The summed E-state index contributed by atoms with van der Waals surface area (Å²) >= 11 is 0.805. The molecule has 0 bridgehead atoms. The van der Waals surface area contributed by atoms with Crippen LogP contribution in [0.4, 0.5) is 13.2 Å². The Labute approximate surface area is 142 Å². The van der Waals surface area contributed by atoms with Crippen molar-refractivity contribution in [3.05, 3.63) is 16.1 Å². The zero-order chi connectivity index (χ0) is 18.7. The summed E-state index contributed by atoms with van der Waals surface area (Å²) in [7, 11) is 0. The molecule has 0 aliphatic heterocycles. The molecule has 1 atom stereocenters. The van der Waals surface area contributed by atoms with Crippen LogP contribution in [0.15, 0.2) is 5.38 Å². The molecule has 0 saturated heterocycles. The fourth-order valence-electron chi connectivity index (χ4n) is 1.73. The van der Waals surface area contributed by atoms with Crippen LogP contribution in [0.2, 0.25) is 0 Å². The van der Waals surface area contributed by atoms with Crippen molar-refractivity contribution in [3.63, 3.8) is 0 Å². The highest BCUT2D eigenvalue weighted by molar-refractivity contribution is 7.09. The van der Waals surface area contributed by atoms with Gasteiger partial charge < -0.3 is 16.4 Å². The van der Waals surface area contributed by atoms with E-state index in [1.807, 2.05) is 0 Å². The van der Waals surface area contributed by atoms with E-state index in [1.165, 1.54) is 13.8 Å². The molecular weight excluding hydrogens is 345 g/mol. The first-order valence-corrected chi connectivity index (χ1v) is 8.10. The molecule has 1 aromatic heterocycles. The van der Waals surface area contributed by atoms with E-state index in [-0.39, 0.29) is 17.5 Å². The van der Waals surface area contributed by atoms with Crippen molar-refractivity contribution >= 4 is 23.2 Å². The number of nitrogens with zero attached hydrogens (tertiary/aromatic N) is 1. The number of hydrogen-bond donors (Lipinski definition) is 3. The molecule has 0 aliphatic rings. The predicted molar refractivity (Wildman–Crippen MR) is 84.1 cm³/mol. The normalized spacial score (nSPS) is 13.7. The third kappa shape index (κ3) is 5.45. The molecule has 0 fully saturated rings. The molecule has 0 spiro atoms. The SMILES string of the molecule is CC(C)[C@H](N)C(=O)NCC(=O)NC(C)(C)c1nc(C(F)(F)F)cs1. The van der Waals surface area contributed by atoms with Crippen LogP contribution >= 0.6 is 11.3 Å². The minimum absolute atomic E-state index is 0.0828. The van der Waals surface area contributed by atoms with Crippen molar-refractivity contribution in [2.45, 2.75) is 45.5 Å². The summed E-state index contributed by atoms with van der Waals surface area (Å²) in [5.41, 5.74) is 3.55. The maximum atomic E-state index is 12.6. The van der Waals surface area contributed by atoms with Crippen LogP contribution in [-0.2, 0) is 21.3 Å². The summed E-state index contributed by atoms with van der Waals surface area (Å²) in [4.78, 5) is 27.1. The van der Waals surface area contributed by atoms with Gasteiger partial charge in [0.2, 0.25) is 11.8 Å². The van der Waals surface area contributed by atoms with E-state index in [2.05, 4.69) is 15.6 Å². The molecule has 6 nitrogen and oxygen atoms in total. The number of carbonyl (C=O) groups excluding carboxylic acids is 2. The van der Waals surface area contributed by atoms with E-state index < -0.39 is 35.3 Å². The molecule has 136 valence electrons. The van der Waals surface area contributed by atoms with Gasteiger partial charge >= 0.3 is 6.18 Å². The highest BCUT2D eigenvalue weighted by atomic mass is 32.1. The standard InChI is InChI=1S/C14H21F3N4O2S/c1-7(2)10(18)11(23)19-5-9(22)21-13(3,4)12-20-8(6-24-12)14(15,16)17/h6-7,10H,5,18H2,1-4H3,(H,19,23)(H,21,22)/t10-/m0/s1. The Hall–Kier alpha value is -1.68. The molecule has 2 amide bonds. The van der Waals surface area contributed by atoms with Crippen LogP contribution in [0.3, 0.4) is 0 Å². The topological polar surface area (TPSA) is 97.1 Å². The van der Waals surface area contributed by atoms with Gasteiger partial charge in [-0.25, -0.2) is 4.98 Å². The highest BCUT2D eigenvalue weighted by Gasteiger charge is 2.36. The molecule has 0 aliphatic carbocycles. The summed E-state index contributed by atoms with van der Waals surface area (Å²) in [6.07, 6.45) is -4.53. The first-order valence-electron chi connectivity index (χ1n) is 7.22. The average Bonchev–Trinajstić information content (AvgIpc) is 2.93. The van der Waals surface area contributed by atoms with Crippen LogP contribution < -0.4 is 16.4 Å². The lowest BCUT2D eigenvalue weighted by molar-refractivity contribution is -0.140. The molecule has 4 N–H and O–H groups in total. The Morgan fingerprint density at radius 1 is 1.33 bits per heavy atom. The number of alkyl halides is 3. The quantitative estimate of drug-likeness (QED) is 0.713. The number of nitrogens with one attached hydrogen (secondary N) is 2. The van der Waals surface area contributed by atoms with Crippen molar-refractivity contribution in [1.82, 2.24) is 15.6 Å². The van der Waals surface area contributed by atoms with Crippen molar-refractivity contribution in [3.8, 4) is 0 Å². The van der Waals surface area contributed by atoms with Gasteiger partial charge in [-0.15, -0.1) is 11.3 Å². The number of amides is 2. The molecule has 1 aromatic rings. The number of thiazole rings is 1. The highest BCUT2D eigenvalue weighted by Crippen LogP contribution is 2.33. The number of nitrogens with two attached hydrogens (primary N) is 1. The smallest absolute Gasteiger partial charge is 0.346 e. The van der Waals surface area contributed by atoms with Crippen LogP contribution in [-0.4, -0.2) is 29.4 Å². The number of aromatic nitrogens is 1. The Kier molecular flexibility index (Phi) is 6.34. The van der Waals surface area contributed by atoms with Crippen LogP contribution in [0.25, 0.3) is 0 Å². The van der Waals surface area contributed by atoms with Gasteiger partial charge in [0.25, 0.3) is 0 Å². The van der Waals surface area contributed by atoms with Gasteiger partial charge in [-0.1, -0.05) is 13.8 Å². The lowest BCUT2D eigenvalue weighted by Gasteiger charge is -2.24. The minimum Gasteiger partial charge on any atom is -0.346 e. The van der Waals surface area contributed by atoms with Crippen molar-refractivity contribution in [2.75, 3.05) is 6.54 Å².